The zero-order valence-electron chi connectivity index (χ0n) is 26.6. The van der Waals surface area contributed by atoms with Crippen molar-refractivity contribution in [1.29, 1.82) is 5.41 Å². The van der Waals surface area contributed by atoms with Gasteiger partial charge in [-0.15, -0.1) is 0 Å². The van der Waals surface area contributed by atoms with Crippen LogP contribution in [0, 0.1) is 19.1 Å². The lowest BCUT2D eigenvalue weighted by molar-refractivity contribution is -0.646. The normalized spacial score (nSPS) is 15.7. The Balaban J connectivity index is 1.85. The number of ketones is 1. The van der Waals surface area contributed by atoms with Crippen LogP contribution in [0.15, 0.2) is 84.9 Å². The highest BCUT2D eigenvalue weighted by Gasteiger charge is 2.62. The maximum absolute atomic E-state index is 14.6. The number of hydrogen-bond donors (Lipinski definition) is 5. The lowest BCUT2D eigenvalue weighted by Crippen LogP contribution is -2.68. The SMILES string of the molecule is N=C(N)NCCC[C@](C(=O)OCc1ccccc1)(C(=O)c1ccc(I)cc1)N(C(=O)[C@H](Cc1ccccc1)NC(=O)[C@@H]1CCCN1)[N+](=O)[O-]. The Kier molecular flexibility index (Phi) is 13.2. The lowest BCUT2D eigenvalue weighted by atomic mass is 9.83. The average Bonchev–Trinajstić information content (AvgIpc) is 3.64. The predicted molar refractivity (Wildman–Crippen MR) is 189 cm³/mol. The molecule has 0 aliphatic carbocycles. The number of nitro groups is 1. The number of carbonyl (C=O) groups excluding carboxylic acids is 4. The number of hydrogen-bond acceptors (Lipinski definition) is 9. The molecule has 0 unspecified atom stereocenters. The topological polar surface area (TPSA) is 210 Å². The molecule has 0 spiro atoms. The van der Waals surface area contributed by atoms with Crippen molar-refractivity contribution < 1.29 is 28.9 Å². The number of benzene rings is 3. The van der Waals surface area contributed by atoms with Gasteiger partial charge in [-0.05, 0) is 83.1 Å². The van der Waals surface area contributed by atoms with E-state index in [0.717, 1.165) is 9.99 Å². The van der Waals surface area contributed by atoms with Crippen LogP contribution in [0.2, 0.25) is 0 Å². The number of nitrogens with zero attached hydrogens (tertiary/aromatic N) is 2. The summed E-state index contributed by atoms with van der Waals surface area (Å²) >= 11 is 2.03. The van der Waals surface area contributed by atoms with E-state index in [9.17, 15) is 29.3 Å². The highest BCUT2D eigenvalue weighted by atomic mass is 127. The van der Waals surface area contributed by atoms with Gasteiger partial charge in [0.15, 0.2) is 11.0 Å². The second kappa shape index (κ2) is 17.5. The first-order valence-electron chi connectivity index (χ1n) is 15.7. The standard InChI is InChI=1S/C34H38IN7O7/c35-26-16-14-25(15-17-26)29(43)34(18-8-20-39-33(36)37,32(46)49-22-24-11-5-2-6-12-24)41(42(47)48)31(45)28(21-23-9-3-1-4-10-23)40-30(44)27-13-7-19-38-27/h1-6,9-12,14-17,27-28,38H,7-8,13,18-22H2,(H,40,44)(H4,36,37,39)/t27-,28-,34+/m0/s1. The van der Waals surface area contributed by atoms with Crippen molar-refractivity contribution in [3.63, 3.8) is 0 Å². The summed E-state index contributed by atoms with van der Waals surface area (Å²) < 4.78 is 6.39. The third kappa shape index (κ3) is 9.60. The molecule has 6 N–H and O–H groups in total. The monoisotopic (exact) mass is 783 g/mol. The van der Waals surface area contributed by atoms with E-state index in [-0.39, 0.29) is 36.6 Å². The van der Waals surface area contributed by atoms with Gasteiger partial charge in [0.1, 0.15) is 12.6 Å². The average molecular weight is 784 g/mol. The predicted octanol–water partition coefficient (Wildman–Crippen LogP) is 2.72. The third-order valence-electron chi connectivity index (χ3n) is 8.07. The number of hydrazine groups is 1. The summed E-state index contributed by atoms with van der Waals surface area (Å²) in [7, 11) is 0. The first-order valence-corrected chi connectivity index (χ1v) is 16.8. The second-order valence-corrected chi connectivity index (χ2v) is 12.7. The summed E-state index contributed by atoms with van der Waals surface area (Å²) in [6.45, 7) is 0.191. The molecular formula is C34H38IN7O7. The van der Waals surface area contributed by atoms with Crippen molar-refractivity contribution in [2.24, 2.45) is 5.73 Å². The highest BCUT2D eigenvalue weighted by Crippen LogP contribution is 2.31. The van der Waals surface area contributed by atoms with Gasteiger partial charge >= 0.3 is 11.9 Å². The van der Waals surface area contributed by atoms with Gasteiger partial charge in [0, 0.05) is 22.1 Å². The molecule has 1 saturated heterocycles. The molecule has 14 nitrogen and oxygen atoms in total. The summed E-state index contributed by atoms with van der Waals surface area (Å²) in [4.78, 5) is 70.1. The molecule has 15 heteroatoms. The first-order chi connectivity index (χ1) is 23.5. The van der Waals surface area contributed by atoms with Gasteiger partial charge in [-0.2, -0.15) is 0 Å². The molecule has 0 saturated carbocycles. The van der Waals surface area contributed by atoms with E-state index in [1.807, 2.05) is 22.6 Å². The number of ether oxygens (including phenoxy) is 1. The van der Waals surface area contributed by atoms with E-state index in [1.54, 1.807) is 72.8 Å². The molecule has 0 radical (unpaired) electrons. The minimum Gasteiger partial charge on any atom is -0.459 e. The fraction of sp³-hybridized carbons (Fsp3) is 0.324. The Morgan fingerprint density at radius 1 is 1.04 bits per heavy atom. The highest BCUT2D eigenvalue weighted by molar-refractivity contribution is 14.1. The largest absolute Gasteiger partial charge is 0.459 e. The van der Waals surface area contributed by atoms with E-state index in [0.29, 0.717) is 24.1 Å². The van der Waals surface area contributed by atoms with Gasteiger partial charge in [-0.25, -0.2) is 14.9 Å². The van der Waals surface area contributed by atoms with Crippen molar-refractivity contribution >= 4 is 52.1 Å². The van der Waals surface area contributed by atoms with Crippen LogP contribution in [-0.2, 0) is 32.1 Å². The first kappa shape index (κ1) is 36.9. The summed E-state index contributed by atoms with van der Waals surface area (Å²) in [6.07, 6.45) is 0.373. The number of carbonyl (C=O) groups is 4. The number of rotatable bonds is 16. The maximum atomic E-state index is 14.6. The molecule has 0 aromatic heterocycles. The Hall–Kier alpha value is -4.90. The van der Waals surface area contributed by atoms with Crippen LogP contribution >= 0.6 is 22.6 Å². The molecule has 1 aliphatic rings. The van der Waals surface area contributed by atoms with Crippen molar-refractivity contribution in [2.75, 3.05) is 13.1 Å². The molecule has 3 atom stereocenters. The fourth-order valence-corrected chi connectivity index (χ4v) is 5.99. The molecule has 1 heterocycles. The number of amides is 2. The molecule has 258 valence electrons. The quantitative estimate of drug-likeness (QED) is 0.0165. The van der Waals surface area contributed by atoms with Crippen LogP contribution in [-0.4, -0.2) is 70.3 Å². The number of Topliss-reactive ketones (excluding diaryl/α,β-unsaturated/α-hetero) is 1. The maximum Gasteiger partial charge on any atom is 0.347 e. The van der Waals surface area contributed by atoms with Gasteiger partial charge in [0.25, 0.3) is 5.54 Å². The van der Waals surface area contributed by atoms with Crippen molar-refractivity contribution in [1.82, 2.24) is 21.0 Å². The van der Waals surface area contributed by atoms with Gasteiger partial charge in [0.2, 0.25) is 11.7 Å². The minimum atomic E-state index is -2.83. The van der Waals surface area contributed by atoms with Gasteiger partial charge in [-0.1, -0.05) is 72.8 Å². The fourth-order valence-electron chi connectivity index (χ4n) is 5.63. The number of nitrogens with two attached hydrogens (primary N) is 1. The van der Waals surface area contributed by atoms with E-state index in [1.165, 1.54) is 12.1 Å². The number of nitrogens with one attached hydrogen (secondary N) is 4. The van der Waals surface area contributed by atoms with E-state index in [4.69, 9.17) is 15.9 Å². The number of guanidine groups is 1. The van der Waals surface area contributed by atoms with Crippen LogP contribution in [0.3, 0.4) is 0 Å². The van der Waals surface area contributed by atoms with E-state index < -0.39 is 58.6 Å². The van der Waals surface area contributed by atoms with Crippen LogP contribution in [0.5, 0.6) is 0 Å². The summed E-state index contributed by atoms with van der Waals surface area (Å²) in [6, 6.07) is 21.0. The van der Waals surface area contributed by atoms with Crippen LogP contribution in [0.4, 0.5) is 0 Å². The molecule has 1 fully saturated rings. The van der Waals surface area contributed by atoms with E-state index >= 15 is 0 Å². The van der Waals surface area contributed by atoms with Crippen LogP contribution < -0.4 is 21.7 Å². The Labute approximate surface area is 296 Å². The second-order valence-electron chi connectivity index (χ2n) is 11.5. The molecule has 1 aliphatic heterocycles. The minimum absolute atomic E-state index is 0.0321. The van der Waals surface area contributed by atoms with Crippen molar-refractivity contribution in [3.05, 3.63) is 115 Å². The van der Waals surface area contributed by atoms with Gasteiger partial charge in [0.05, 0.1) is 6.04 Å². The number of halogens is 1. The molecule has 3 aromatic carbocycles. The lowest BCUT2D eigenvalue weighted by Gasteiger charge is -2.35. The summed E-state index contributed by atoms with van der Waals surface area (Å²) in [5, 5.41) is 27.9. The Morgan fingerprint density at radius 2 is 1.67 bits per heavy atom. The molecule has 2 amide bonds. The van der Waals surface area contributed by atoms with Gasteiger partial charge in [-0.3, -0.25) is 19.8 Å². The van der Waals surface area contributed by atoms with Crippen LogP contribution in [0.25, 0.3) is 0 Å². The zero-order valence-corrected chi connectivity index (χ0v) is 28.8. The summed E-state index contributed by atoms with van der Waals surface area (Å²) in [5.41, 5.74) is 3.66. The Morgan fingerprint density at radius 3 is 2.24 bits per heavy atom. The van der Waals surface area contributed by atoms with Crippen molar-refractivity contribution in [2.45, 2.75) is 56.3 Å². The molecule has 0 bridgehead atoms. The zero-order chi connectivity index (χ0) is 35.4. The number of esters is 1. The molecule has 49 heavy (non-hydrogen) atoms. The Bertz CT molecular complexity index is 1640. The molecule has 3 aromatic rings. The third-order valence-corrected chi connectivity index (χ3v) is 8.79. The van der Waals surface area contributed by atoms with Crippen LogP contribution in [0.1, 0.15) is 47.2 Å². The van der Waals surface area contributed by atoms with Gasteiger partial charge < -0.3 is 26.4 Å². The molecule has 4 rings (SSSR count). The summed E-state index contributed by atoms with van der Waals surface area (Å²) in [5.74, 6) is -4.58. The van der Waals surface area contributed by atoms with Crippen molar-refractivity contribution in [3.8, 4) is 0 Å². The van der Waals surface area contributed by atoms with E-state index in [2.05, 4.69) is 16.0 Å². The smallest absolute Gasteiger partial charge is 0.347 e. The molecular weight excluding hydrogens is 745 g/mol.